The van der Waals surface area contributed by atoms with Gasteiger partial charge in [-0.3, -0.25) is 9.59 Å². The van der Waals surface area contributed by atoms with E-state index in [0.717, 1.165) is 13.8 Å². The number of hydrogen-bond acceptors (Lipinski definition) is 24. The van der Waals surface area contributed by atoms with Crippen LogP contribution in [0.4, 0.5) is 0 Å². The molecule has 0 spiro atoms. The molecule has 0 aliphatic carbocycles. The zero-order valence-corrected chi connectivity index (χ0v) is 37.4. The lowest BCUT2D eigenvalue weighted by atomic mass is 9.94. The third-order valence-corrected chi connectivity index (χ3v) is 12.3. The van der Waals surface area contributed by atoms with E-state index < -0.39 is 178 Å². The van der Waals surface area contributed by atoms with Crippen molar-refractivity contribution in [3.8, 4) is 11.5 Å². The van der Waals surface area contributed by atoms with Gasteiger partial charge in [0.1, 0.15) is 115 Å². The van der Waals surface area contributed by atoms with E-state index in [4.69, 9.17) is 52.1 Å². The Kier molecular flexibility index (Phi) is 18.1. The summed E-state index contributed by atoms with van der Waals surface area (Å²) in [5.41, 5.74) is 0. The topological polar surface area (TPSA) is 382 Å². The van der Waals surface area contributed by atoms with Crippen molar-refractivity contribution in [3.63, 3.8) is 0 Å². The summed E-state index contributed by atoms with van der Waals surface area (Å²) in [6.07, 6.45) is -37.9. The lowest BCUT2D eigenvalue weighted by molar-refractivity contribution is -0.397. The molecule has 1 aromatic rings. The summed E-state index contributed by atoms with van der Waals surface area (Å²) in [6.45, 7) is 4.62. The zero-order chi connectivity index (χ0) is 49.2. The van der Waals surface area contributed by atoms with E-state index in [2.05, 4.69) is 10.6 Å². The molecule has 0 aromatic heterocycles. The molecule has 0 unspecified atom stereocenters. The SMILES string of the molecule is COc1ccc(O[C@@H]2O[C@@H](C)[C@H](O)[C@@H](O[C@@H]3O[C@H](CO)[C@@H](O[C@@H]4O[C@@H](C)[C@H](O)[C@@H](O[C@@H]5O[C@@H](C)[C@H](O)[C@@H](O)[C@H]5O)[C@H]4O[C@H]4O[C@H](CO)[C@@H](O)[C@H](O)[C@@H]4NC(C)=O)[C@H](O)[C@H]3NC(C)=O)[C@H]2O)cc1. The van der Waals surface area contributed by atoms with Gasteiger partial charge >= 0.3 is 0 Å². The number of methoxy groups -OCH3 is 1. The van der Waals surface area contributed by atoms with Gasteiger partial charge in [0.25, 0.3) is 0 Å². The van der Waals surface area contributed by atoms with E-state index in [0.29, 0.717) is 5.75 Å². The highest BCUT2D eigenvalue weighted by molar-refractivity contribution is 5.73. The highest BCUT2D eigenvalue weighted by atomic mass is 16.8. The van der Waals surface area contributed by atoms with Crippen molar-refractivity contribution < 1.29 is 118 Å². The van der Waals surface area contributed by atoms with Gasteiger partial charge in [0, 0.05) is 13.8 Å². The summed E-state index contributed by atoms with van der Waals surface area (Å²) in [7, 11) is 1.48. The second-order valence-electron chi connectivity index (χ2n) is 17.1. The summed E-state index contributed by atoms with van der Waals surface area (Å²) in [5, 5.41) is 126. The lowest BCUT2D eigenvalue weighted by Crippen LogP contribution is -2.70. The highest BCUT2D eigenvalue weighted by Crippen LogP contribution is 2.37. The second kappa shape index (κ2) is 22.8. The predicted octanol–water partition coefficient (Wildman–Crippen LogP) is -6.46. The van der Waals surface area contributed by atoms with Crippen LogP contribution in [0.5, 0.6) is 11.5 Å². The van der Waals surface area contributed by atoms with E-state index in [-0.39, 0.29) is 5.75 Å². The van der Waals surface area contributed by atoms with E-state index >= 15 is 0 Å². The van der Waals surface area contributed by atoms with Crippen molar-refractivity contribution in [2.24, 2.45) is 0 Å². The Balaban J connectivity index is 1.31. The number of carbonyl (C=O) groups is 2. The van der Waals surface area contributed by atoms with E-state index in [9.17, 15) is 65.8 Å². The minimum absolute atomic E-state index is 0.255. The Labute approximate surface area is 384 Å². The van der Waals surface area contributed by atoms with Gasteiger partial charge < -0.3 is 119 Å². The van der Waals surface area contributed by atoms with Gasteiger partial charge in [-0.05, 0) is 45.0 Å². The van der Waals surface area contributed by atoms with Crippen molar-refractivity contribution >= 4 is 11.8 Å². The maximum Gasteiger partial charge on any atom is 0.229 e. The largest absolute Gasteiger partial charge is 0.497 e. The van der Waals surface area contributed by atoms with Crippen LogP contribution in [0.2, 0.25) is 0 Å². The van der Waals surface area contributed by atoms with Gasteiger partial charge in [-0.25, -0.2) is 0 Å². The quantitative estimate of drug-likeness (QED) is 0.0777. The Morgan fingerprint density at radius 3 is 1.51 bits per heavy atom. The Morgan fingerprint density at radius 2 is 0.940 bits per heavy atom. The Morgan fingerprint density at radius 1 is 0.478 bits per heavy atom. The number of aliphatic hydroxyl groups excluding tert-OH is 11. The number of ether oxygens (including phenoxy) is 11. The number of rotatable bonds is 15. The summed E-state index contributed by atoms with van der Waals surface area (Å²) in [5.74, 6) is -0.675. The monoisotopic (exact) mass is 968 g/mol. The molecule has 26 heteroatoms. The average molecular weight is 969 g/mol. The standard InChI is InChI=1S/C41H64N2O24/c1-13-24(48)30(54)31(55)39(58-13)66-35-26(50)15(3)60-41(36(35)67-37-22(42-16(4)46)28(52)27(51)20(11-44)62-37)64-33-21(12-45)63-38(23(29(33)53)43-17(5)47)65-34-25(49)14(2)59-40(32(34)56)61-19-9-7-18(57-6)8-10-19/h7-10,13-15,20-41,44-45,48-56H,11-12H2,1-6H3,(H,42,46)(H,43,47)/t13-,14-,15-,20+,21+,22-,23+,24-,25-,26-,27+,28+,29+,30+,31+,32+,33+,34+,35+,36+,37+,38-,39-,40-,41-/m0/s1. The van der Waals surface area contributed by atoms with Crippen LogP contribution in [0.3, 0.4) is 0 Å². The van der Waals surface area contributed by atoms with Gasteiger partial charge in [-0.1, -0.05) is 0 Å². The maximum atomic E-state index is 12.7. The van der Waals surface area contributed by atoms with E-state index in [1.807, 2.05) is 0 Å². The highest BCUT2D eigenvalue weighted by Gasteiger charge is 2.57. The number of benzene rings is 1. The lowest BCUT2D eigenvalue weighted by Gasteiger charge is -2.51. The van der Waals surface area contributed by atoms with Crippen LogP contribution in [0.15, 0.2) is 24.3 Å². The van der Waals surface area contributed by atoms with Gasteiger partial charge in [0.05, 0.1) is 38.6 Å². The average Bonchev–Trinajstić information content (AvgIpc) is 3.29. The third-order valence-electron chi connectivity index (χ3n) is 12.3. The van der Waals surface area contributed by atoms with Crippen LogP contribution in [0.1, 0.15) is 34.6 Å². The molecule has 26 nitrogen and oxygen atoms in total. The van der Waals surface area contributed by atoms with Crippen molar-refractivity contribution in [2.45, 2.75) is 188 Å². The number of nitrogens with one attached hydrogen (secondary N) is 2. The molecule has 13 N–H and O–H groups in total. The zero-order valence-electron chi connectivity index (χ0n) is 37.4. The number of amides is 2. The molecular weight excluding hydrogens is 904 g/mol. The Bertz CT molecular complexity index is 1750. The van der Waals surface area contributed by atoms with Crippen molar-refractivity contribution in [2.75, 3.05) is 20.3 Å². The van der Waals surface area contributed by atoms with Crippen LogP contribution in [0.25, 0.3) is 0 Å². The smallest absolute Gasteiger partial charge is 0.229 e. The van der Waals surface area contributed by atoms with E-state index in [1.165, 1.54) is 27.9 Å². The summed E-state index contributed by atoms with van der Waals surface area (Å²) in [4.78, 5) is 25.0. The molecule has 2 amide bonds. The summed E-state index contributed by atoms with van der Waals surface area (Å²) < 4.78 is 65.1. The molecule has 67 heavy (non-hydrogen) atoms. The summed E-state index contributed by atoms with van der Waals surface area (Å²) >= 11 is 0. The van der Waals surface area contributed by atoms with Gasteiger partial charge in [0.15, 0.2) is 25.2 Å². The molecule has 5 aliphatic rings. The van der Waals surface area contributed by atoms with Gasteiger partial charge in [-0.2, -0.15) is 0 Å². The number of hydrogen-bond donors (Lipinski definition) is 13. The van der Waals surface area contributed by atoms with Gasteiger partial charge in [-0.15, -0.1) is 0 Å². The first-order valence-electron chi connectivity index (χ1n) is 21.8. The van der Waals surface area contributed by atoms with E-state index in [1.54, 1.807) is 24.3 Å². The first-order chi connectivity index (χ1) is 31.7. The molecule has 5 aliphatic heterocycles. The third kappa shape index (κ3) is 11.8. The molecule has 382 valence electrons. The van der Waals surface area contributed by atoms with Crippen LogP contribution < -0.4 is 20.1 Å². The van der Waals surface area contributed by atoms with Crippen LogP contribution >= 0.6 is 0 Å². The molecule has 5 saturated heterocycles. The molecule has 0 radical (unpaired) electrons. The van der Waals surface area contributed by atoms with Crippen LogP contribution in [-0.4, -0.2) is 242 Å². The fourth-order valence-electron chi connectivity index (χ4n) is 8.51. The molecule has 0 saturated carbocycles. The van der Waals surface area contributed by atoms with Crippen molar-refractivity contribution in [1.29, 1.82) is 0 Å². The Hall–Kier alpha value is -3.04. The molecule has 0 bridgehead atoms. The normalized spacial score (nSPS) is 46.0. The van der Waals surface area contributed by atoms with Crippen molar-refractivity contribution in [1.82, 2.24) is 10.6 Å². The van der Waals surface area contributed by atoms with Crippen LogP contribution in [-0.2, 0) is 52.2 Å². The predicted molar refractivity (Wildman–Crippen MR) is 217 cm³/mol. The second-order valence-corrected chi connectivity index (χ2v) is 17.1. The fourth-order valence-corrected chi connectivity index (χ4v) is 8.51. The molecule has 5 heterocycles. The first-order valence-corrected chi connectivity index (χ1v) is 21.8. The number of aliphatic hydroxyl groups is 11. The van der Waals surface area contributed by atoms with Gasteiger partial charge in [0.2, 0.25) is 18.1 Å². The molecular formula is C41H64N2O24. The summed E-state index contributed by atoms with van der Waals surface area (Å²) in [6, 6.07) is 3.11. The first kappa shape index (κ1) is 53.3. The minimum Gasteiger partial charge on any atom is -0.497 e. The fraction of sp³-hybridized carbons (Fsp3) is 0.805. The molecule has 25 atom stereocenters. The van der Waals surface area contributed by atoms with Crippen LogP contribution in [0, 0.1) is 0 Å². The maximum absolute atomic E-state index is 12.7. The molecule has 6 rings (SSSR count). The minimum atomic E-state index is -1.92. The number of carbonyl (C=O) groups excluding carboxylic acids is 2. The molecule has 5 fully saturated rings. The van der Waals surface area contributed by atoms with Crippen molar-refractivity contribution in [3.05, 3.63) is 24.3 Å². The molecule has 1 aromatic carbocycles.